The topological polar surface area (TPSA) is 88.5 Å². The van der Waals surface area contributed by atoms with Gasteiger partial charge in [-0.25, -0.2) is 16.8 Å². The van der Waals surface area contributed by atoms with Crippen LogP contribution < -0.4 is 0 Å². The molecule has 0 amide bonds. The van der Waals surface area contributed by atoms with Crippen LogP contribution in [0.3, 0.4) is 0 Å². The van der Waals surface area contributed by atoms with E-state index in [4.69, 9.17) is 0 Å². The van der Waals surface area contributed by atoms with Crippen molar-refractivity contribution in [1.29, 1.82) is 0 Å². The third-order valence-electron chi connectivity index (χ3n) is 4.99. The second-order valence-electron chi connectivity index (χ2n) is 7.12. The fraction of sp³-hybridized carbons (Fsp3) is 0.217. The van der Waals surface area contributed by atoms with Gasteiger partial charge in [0.05, 0.1) is 9.79 Å². The molecule has 30 heavy (non-hydrogen) atoms. The predicted octanol–water partition coefficient (Wildman–Crippen LogP) is 3.50. The van der Waals surface area contributed by atoms with E-state index in [2.05, 4.69) is 0 Å². The SMILES string of the molecule is O=S(=O)(c1ccccc1)C(C[C@@H](CO)Cc1ccccc1)S(=O)(=O)c1ccccc1. The largest absolute Gasteiger partial charge is 0.396 e. The van der Waals surface area contributed by atoms with Gasteiger partial charge in [-0.05, 0) is 48.6 Å². The highest BCUT2D eigenvalue weighted by molar-refractivity contribution is 8.09. The molecular formula is C23H24O5S2. The molecule has 0 aliphatic carbocycles. The third-order valence-corrected chi connectivity index (χ3v) is 10.1. The Morgan fingerprint density at radius 1 is 0.633 bits per heavy atom. The molecule has 0 bridgehead atoms. The first kappa shape index (κ1) is 22.2. The van der Waals surface area contributed by atoms with E-state index in [0.717, 1.165) is 5.56 Å². The van der Waals surface area contributed by atoms with Crippen LogP contribution in [0.4, 0.5) is 0 Å². The standard InChI is InChI=1S/C23H24O5S2/c24-18-20(16-19-10-4-1-5-11-19)17-23(29(25,26)21-12-6-2-7-13-21)30(27,28)22-14-8-3-9-15-22/h1-15,20,23-24H,16-18H2/t20-/m0/s1. The number of aliphatic hydroxyl groups is 1. The van der Waals surface area contributed by atoms with Crippen LogP contribution in [0.5, 0.6) is 0 Å². The summed E-state index contributed by atoms with van der Waals surface area (Å²) in [5.74, 6) is -0.533. The average molecular weight is 445 g/mol. The Labute approximate surface area is 177 Å². The molecule has 158 valence electrons. The van der Waals surface area contributed by atoms with Crippen molar-refractivity contribution >= 4 is 19.7 Å². The highest BCUT2D eigenvalue weighted by Crippen LogP contribution is 2.31. The smallest absolute Gasteiger partial charge is 0.195 e. The van der Waals surface area contributed by atoms with Crippen LogP contribution in [0.1, 0.15) is 12.0 Å². The Morgan fingerprint density at radius 2 is 1.03 bits per heavy atom. The summed E-state index contributed by atoms with van der Waals surface area (Å²) in [7, 11) is -8.41. The zero-order valence-electron chi connectivity index (χ0n) is 16.3. The molecule has 1 atom stereocenters. The van der Waals surface area contributed by atoms with Crippen LogP contribution in [0.15, 0.2) is 101 Å². The van der Waals surface area contributed by atoms with E-state index >= 15 is 0 Å². The zero-order valence-corrected chi connectivity index (χ0v) is 18.0. The van der Waals surface area contributed by atoms with Crippen LogP contribution >= 0.6 is 0 Å². The van der Waals surface area contributed by atoms with Gasteiger partial charge in [0.25, 0.3) is 0 Å². The highest BCUT2D eigenvalue weighted by Gasteiger charge is 2.41. The monoisotopic (exact) mass is 444 g/mol. The van der Waals surface area contributed by atoms with Crippen molar-refractivity contribution in [3.63, 3.8) is 0 Å². The van der Waals surface area contributed by atoms with Crippen LogP contribution in [0.25, 0.3) is 0 Å². The lowest BCUT2D eigenvalue weighted by Gasteiger charge is -2.23. The number of hydrogen-bond donors (Lipinski definition) is 1. The summed E-state index contributed by atoms with van der Waals surface area (Å²) in [5, 5.41) is 9.92. The van der Waals surface area contributed by atoms with Crippen LogP contribution in [0, 0.1) is 5.92 Å². The van der Waals surface area contributed by atoms with E-state index in [-0.39, 0.29) is 22.8 Å². The molecule has 1 N–H and O–H groups in total. The maximum Gasteiger partial charge on any atom is 0.195 e. The van der Waals surface area contributed by atoms with Gasteiger partial charge in [-0.1, -0.05) is 66.7 Å². The van der Waals surface area contributed by atoms with Gasteiger partial charge < -0.3 is 5.11 Å². The Balaban J connectivity index is 2.03. The molecule has 0 radical (unpaired) electrons. The normalized spacial score (nSPS) is 13.3. The second kappa shape index (κ2) is 9.55. The lowest BCUT2D eigenvalue weighted by Crippen LogP contribution is -2.34. The number of aliphatic hydroxyl groups excluding tert-OH is 1. The summed E-state index contributed by atoms with van der Waals surface area (Å²) in [6.45, 7) is -0.319. The van der Waals surface area contributed by atoms with E-state index in [9.17, 15) is 21.9 Å². The Kier molecular flexibility index (Phi) is 7.07. The molecule has 0 saturated carbocycles. The molecule has 0 heterocycles. The van der Waals surface area contributed by atoms with Gasteiger partial charge in [0.1, 0.15) is 0 Å². The third kappa shape index (κ3) is 4.98. The van der Waals surface area contributed by atoms with Crippen LogP contribution in [-0.2, 0) is 26.1 Å². The second-order valence-corrected chi connectivity index (χ2v) is 11.7. The van der Waals surface area contributed by atoms with Crippen molar-refractivity contribution in [3.8, 4) is 0 Å². The fourth-order valence-electron chi connectivity index (χ4n) is 3.39. The van der Waals surface area contributed by atoms with Gasteiger partial charge in [0.2, 0.25) is 0 Å². The molecule has 0 saturated heterocycles. The first-order chi connectivity index (χ1) is 14.4. The molecule has 0 spiro atoms. The van der Waals surface area contributed by atoms with E-state index in [1.807, 2.05) is 30.3 Å². The molecule has 7 heteroatoms. The Bertz CT molecular complexity index is 1070. The molecule has 3 rings (SSSR count). The minimum atomic E-state index is -4.20. The molecule has 0 aliphatic heterocycles. The number of hydrogen-bond acceptors (Lipinski definition) is 5. The number of rotatable bonds is 9. The lowest BCUT2D eigenvalue weighted by molar-refractivity contribution is 0.220. The minimum Gasteiger partial charge on any atom is -0.396 e. The first-order valence-electron chi connectivity index (χ1n) is 9.58. The van der Waals surface area contributed by atoms with Crippen molar-refractivity contribution < 1.29 is 21.9 Å². The van der Waals surface area contributed by atoms with Gasteiger partial charge in [0.15, 0.2) is 24.3 Å². The van der Waals surface area contributed by atoms with Crippen molar-refractivity contribution in [3.05, 3.63) is 96.6 Å². The molecule has 3 aromatic carbocycles. The van der Waals surface area contributed by atoms with Crippen molar-refractivity contribution in [2.45, 2.75) is 27.2 Å². The van der Waals surface area contributed by atoms with Gasteiger partial charge in [-0.3, -0.25) is 0 Å². The highest BCUT2D eigenvalue weighted by atomic mass is 32.3. The summed E-state index contributed by atoms with van der Waals surface area (Å²) in [6, 6.07) is 24.5. The average Bonchev–Trinajstić information content (AvgIpc) is 2.78. The maximum absolute atomic E-state index is 13.4. The summed E-state index contributed by atoms with van der Waals surface area (Å²) in [4.78, 5) is -0.100. The first-order valence-corrected chi connectivity index (χ1v) is 12.7. The zero-order chi connectivity index (χ0) is 21.6. The molecule has 0 fully saturated rings. The number of benzene rings is 3. The fourth-order valence-corrected chi connectivity index (χ4v) is 8.12. The van der Waals surface area contributed by atoms with Gasteiger partial charge in [0, 0.05) is 6.61 Å². The predicted molar refractivity (Wildman–Crippen MR) is 116 cm³/mol. The Hall–Kier alpha value is -2.48. The summed E-state index contributed by atoms with van der Waals surface area (Å²) >= 11 is 0. The van der Waals surface area contributed by atoms with Crippen LogP contribution in [-0.4, -0.2) is 33.1 Å². The van der Waals surface area contributed by atoms with Crippen molar-refractivity contribution in [2.75, 3.05) is 6.61 Å². The van der Waals surface area contributed by atoms with Crippen molar-refractivity contribution in [1.82, 2.24) is 0 Å². The van der Waals surface area contributed by atoms with E-state index in [1.165, 1.54) is 24.3 Å². The van der Waals surface area contributed by atoms with Crippen molar-refractivity contribution in [2.24, 2.45) is 5.92 Å². The van der Waals surface area contributed by atoms with E-state index in [0.29, 0.717) is 6.42 Å². The molecular weight excluding hydrogens is 420 g/mol. The van der Waals surface area contributed by atoms with Gasteiger partial charge >= 0.3 is 0 Å². The summed E-state index contributed by atoms with van der Waals surface area (Å²) < 4.78 is 51.9. The molecule has 0 aliphatic rings. The Morgan fingerprint density at radius 3 is 1.43 bits per heavy atom. The molecule has 0 aromatic heterocycles. The summed E-state index contributed by atoms with van der Waals surface area (Å²) in [6.07, 6.45) is 0.169. The van der Waals surface area contributed by atoms with Gasteiger partial charge in [-0.2, -0.15) is 0 Å². The quantitative estimate of drug-likeness (QED) is 0.546. The molecule has 0 unspecified atom stereocenters. The summed E-state index contributed by atoms with van der Waals surface area (Å²) in [5.41, 5.74) is 0.907. The number of sulfone groups is 2. The minimum absolute atomic E-state index is 0.0501. The lowest BCUT2D eigenvalue weighted by atomic mass is 9.98. The van der Waals surface area contributed by atoms with Crippen LogP contribution in [0.2, 0.25) is 0 Å². The van der Waals surface area contributed by atoms with Gasteiger partial charge in [-0.15, -0.1) is 0 Å². The van der Waals surface area contributed by atoms with E-state index < -0.39 is 30.2 Å². The molecule has 5 nitrogen and oxygen atoms in total. The maximum atomic E-state index is 13.4. The molecule has 3 aromatic rings. The van der Waals surface area contributed by atoms with E-state index in [1.54, 1.807) is 36.4 Å².